The molecule has 13 heteroatoms. The molecule has 12 aromatic carbocycles. The van der Waals surface area contributed by atoms with Crippen LogP contribution in [0.25, 0.3) is 16.0 Å². The lowest BCUT2D eigenvalue weighted by Crippen LogP contribution is -3.00. The molecule has 12 aromatic rings. The summed E-state index contributed by atoms with van der Waals surface area (Å²) in [6.45, 7) is 3.68. The van der Waals surface area contributed by atoms with E-state index >= 15 is 0 Å². The molecule has 0 atom stereocenters. The lowest BCUT2D eigenvalue weighted by atomic mass is 9.79. The first-order chi connectivity index (χ1) is 57.2. The minimum absolute atomic E-state index is 0. The summed E-state index contributed by atoms with van der Waals surface area (Å²) in [7, 11) is 0. The fourth-order valence-electron chi connectivity index (χ4n) is 18.5. The summed E-state index contributed by atoms with van der Waals surface area (Å²) in [4.78, 5) is 27.7. The molecule has 0 aromatic heterocycles. The molecule has 10 N–H and O–H groups in total. The summed E-state index contributed by atoms with van der Waals surface area (Å²) in [5, 5.41) is 58.5. The standard InChI is InChI=1S/C22H26O2.C17H17N3O.C17H19NO.C17H17N.C17H18O2.C15H12O.ClH/c1-2-3-4-11-19(23)16-22(24)20-12-7-5-9-17(20)14-15-18-10-6-8-13-21(18)22;18-20-19-12-11-17(21)15-7-3-1-5-13(15)9-10-14-6-2-4-8-16(14)17;18-12-11-17(19)15-7-3-1-5-13(15)9-10-14-6-2-4-8-16(14)17;18-12-11-17-15-7-3-1-5-13(15)9-10-14-6-2-4-8-16(14)17;18-12-11-17(19)15-7-3-1-5-13(15)9-10-14-6-2-4-8-16(14)17;16-15-13-7-3-1-5-11(13)9-10-12-6-2-4-8-14(12)15;/h5-10,12-13,24H,2-4,11,14-16H2,1H3;1-8,21H,9-12H2;1-8,19H,9-12,18H2;1-8,11H,9-10,12,18H2;1-8,18-19H,9-12H2;1-8H,9-10H2;1H. The van der Waals surface area contributed by atoms with Gasteiger partial charge in [-0.3, -0.25) is 9.59 Å². The number of hydrogen-bond acceptors (Lipinski definition) is 9. The van der Waals surface area contributed by atoms with Crippen LogP contribution in [0, 0.1) is 0 Å². The van der Waals surface area contributed by atoms with Crippen LogP contribution in [0.1, 0.15) is 197 Å². The summed E-state index contributed by atoms with van der Waals surface area (Å²) in [6, 6.07) is 97.8. The van der Waals surface area contributed by atoms with Crippen molar-refractivity contribution in [1.82, 2.24) is 0 Å². The van der Waals surface area contributed by atoms with Gasteiger partial charge in [-0.05, 0) is 242 Å². The number of halogens is 1. The topological polar surface area (TPSA) is 238 Å². The number of carbonyl (C=O) groups excluding carboxylic acids is 2. The lowest BCUT2D eigenvalue weighted by molar-refractivity contribution is -0.352. The van der Waals surface area contributed by atoms with E-state index in [-0.39, 0.29) is 43.5 Å². The predicted octanol–water partition coefficient (Wildman–Crippen LogP) is 15.5. The van der Waals surface area contributed by atoms with Crippen molar-refractivity contribution < 1.29 is 53.3 Å². The highest BCUT2D eigenvalue weighted by molar-refractivity contribution is 6.11. The minimum Gasteiger partial charge on any atom is -1.00 e. The van der Waals surface area contributed by atoms with E-state index in [0.29, 0.717) is 32.2 Å². The number of nitrogens with zero attached hydrogens (tertiary/aromatic N) is 3. The molecule has 12 nitrogen and oxygen atoms in total. The molecule has 6 aliphatic carbocycles. The number of benzene rings is 12. The summed E-state index contributed by atoms with van der Waals surface area (Å²) in [6.07, 6.45) is 19.0. The van der Waals surface area contributed by atoms with Gasteiger partial charge in [-0.15, -0.1) is 0 Å². The number of quaternary nitrogens is 1. The molecule has 0 fully saturated rings. The van der Waals surface area contributed by atoms with Gasteiger partial charge < -0.3 is 49.4 Å². The highest BCUT2D eigenvalue weighted by Crippen LogP contribution is 2.45. The van der Waals surface area contributed by atoms with E-state index in [0.717, 1.165) is 181 Å². The largest absolute Gasteiger partial charge is 1.00 e. The average Bonchev–Trinajstić information content (AvgIpc) is 1.57. The van der Waals surface area contributed by atoms with Crippen LogP contribution in [-0.4, -0.2) is 63.3 Å². The van der Waals surface area contributed by atoms with Gasteiger partial charge in [0.15, 0.2) is 5.78 Å². The Bertz CT molecular complexity index is 5110. The first kappa shape index (κ1) is 86.4. The second kappa shape index (κ2) is 40.9. The molecule has 0 radical (unpaired) electrons. The molecule has 18 rings (SSSR count). The van der Waals surface area contributed by atoms with Crippen molar-refractivity contribution in [3.05, 3.63) is 441 Å². The zero-order chi connectivity index (χ0) is 81.6. The second-order valence-corrected chi connectivity index (χ2v) is 31.5. The first-order valence-corrected chi connectivity index (χ1v) is 41.9. The van der Waals surface area contributed by atoms with E-state index in [2.05, 4.69) is 138 Å². The molecule has 0 heterocycles. The second-order valence-electron chi connectivity index (χ2n) is 31.5. The highest BCUT2D eigenvalue weighted by Gasteiger charge is 2.41. The Morgan fingerprint density at radius 3 is 0.932 bits per heavy atom. The number of ketones is 2. The fraction of sp³-hybridized carbons (Fsp3) is 0.276. The zero-order valence-electron chi connectivity index (χ0n) is 67.8. The zero-order valence-corrected chi connectivity index (χ0v) is 68.6. The van der Waals surface area contributed by atoms with Crippen LogP contribution in [-0.2, 0) is 104 Å². The van der Waals surface area contributed by atoms with Crippen molar-refractivity contribution in [1.29, 1.82) is 0 Å². The number of aliphatic hydroxyl groups excluding tert-OH is 1. The number of rotatable bonds is 14. The van der Waals surface area contributed by atoms with E-state index in [1.807, 2.05) is 182 Å². The number of unbranched alkanes of at least 4 members (excludes halogenated alkanes) is 2. The summed E-state index contributed by atoms with van der Waals surface area (Å²) < 4.78 is 0. The Labute approximate surface area is 702 Å². The molecule has 0 unspecified atom stereocenters. The number of aliphatic hydroxyl groups is 5. The van der Waals surface area contributed by atoms with Crippen LogP contribution in [0.5, 0.6) is 0 Å². The maximum atomic E-state index is 12.6. The van der Waals surface area contributed by atoms with Gasteiger partial charge in [0.25, 0.3) is 0 Å². The molecule has 0 aliphatic heterocycles. The number of azide groups is 1. The Kier molecular flexibility index (Phi) is 30.0. The van der Waals surface area contributed by atoms with Crippen LogP contribution in [0.4, 0.5) is 0 Å². The van der Waals surface area contributed by atoms with Gasteiger partial charge in [-0.25, -0.2) is 0 Å². The highest BCUT2D eigenvalue weighted by atomic mass is 35.5. The van der Waals surface area contributed by atoms with Gasteiger partial charge in [-0.1, -0.05) is 316 Å². The van der Waals surface area contributed by atoms with Crippen molar-refractivity contribution in [2.24, 2.45) is 10.8 Å². The first-order valence-electron chi connectivity index (χ1n) is 41.9. The molecule has 0 saturated carbocycles. The third kappa shape index (κ3) is 19.4. The number of Topliss-reactive ketones (excluding diaryl/α,β-unsaturated/α-hetero) is 1. The van der Waals surface area contributed by atoms with E-state index in [1.54, 1.807) is 0 Å². The van der Waals surface area contributed by atoms with Gasteiger partial charge in [0, 0.05) is 48.5 Å². The van der Waals surface area contributed by atoms with E-state index < -0.39 is 22.4 Å². The van der Waals surface area contributed by atoms with Gasteiger partial charge >= 0.3 is 0 Å². The maximum Gasteiger partial charge on any atom is 0.193 e. The minimum atomic E-state index is -1.20. The molecule has 6 aliphatic rings. The van der Waals surface area contributed by atoms with Gasteiger partial charge in [0.2, 0.25) is 0 Å². The number of aryl methyl sites for hydroxylation is 12. The fourth-order valence-corrected chi connectivity index (χ4v) is 18.5. The average molecular weight is 1590 g/mol. The Balaban J connectivity index is 0.000000130. The molecule has 0 amide bonds. The molecule has 0 spiro atoms. The van der Waals surface area contributed by atoms with Crippen molar-refractivity contribution >= 4 is 17.1 Å². The smallest absolute Gasteiger partial charge is 0.193 e. The third-order valence-electron chi connectivity index (χ3n) is 24.3. The molecule has 118 heavy (non-hydrogen) atoms. The molecule has 604 valence electrons. The maximum absolute atomic E-state index is 12.6. The van der Waals surface area contributed by atoms with Crippen LogP contribution in [0.3, 0.4) is 0 Å². The molecular formula is C105H110ClN5O7. The molecular weight excluding hydrogens is 1480 g/mol. The lowest BCUT2D eigenvalue weighted by Gasteiger charge is -2.30. The monoisotopic (exact) mass is 1590 g/mol. The van der Waals surface area contributed by atoms with Gasteiger partial charge in [0.1, 0.15) is 28.2 Å². The predicted molar refractivity (Wildman–Crippen MR) is 470 cm³/mol. The summed E-state index contributed by atoms with van der Waals surface area (Å²) in [5.74, 6) is 0.321. The van der Waals surface area contributed by atoms with Crippen molar-refractivity contribution in [3.63, 3.8) is 0 Å². The number of fused-ring (bicyclic) bond motifs is 12. The Morgan fingerprint density at radius 1 is 0.390 bits per heavy atom. The van der Waals surface area contributed by atoms with Crippen LogP contribution in [0.15, 0.2) is 302 Å². The van der Waals surface area contributed by atoms with E-state index in [9.17, 15) is 35.1 Å². The Morgan fingerprint density at radius 2 is 0.644 bits per heavy atom. The molecule has 0 saturated heterocycles. The van der Waals surface area contributed by atoms with Crippen LogP contribution >= 0.6 is 0 Å². The van der Waals surface area contributed by atoms with Gasteiger partial charge in [0.05, 0.1) is 6.54 Å². The third-order valence-corrected chi connectivity index (χ3v) is 24.3. The number of hydrogen-bond donors (Lipinski definition) is 7. The van der Waals surface area contributed by atoms with E-state index in [1.165, 1.54) is 61.2 Å². The number of nitrogens with two attached hydrogens (primary N) is 1. The molecule has 0 bridgehead atoms. The summed E-state index contributed by atoms with van der Waals surface area (Å²) >= 11 is 0. The Hall–Kier alpha value is -11.0. The van der Waals surface area contributed by atoms with Gasteiger partial charge in [-0.2, -0.15) is 0 Å². The van der Waals surface area contributed by atoms with Crippen LogP contribution < -0.4 is 23.9 Å². The summed E-state index contributed by atoms with van der Waals surface area (Å²) in [5.41, 5.74) is 42.1. The SMILES string of the molecule is CCCCCC(=O)CC1(O)c2ccccc2CCc2ccccc21.NCCC1(O)c2ccccc2CCc2ccccc21.O=C1c2ccccc2CCc2ccccc21.OCCC1(O)c2ccccc2CCc2ccccc21.[Cl-].[N-]=[N+]=NCCC1(O)c2ccccc2CCc2ccccc21.[NH3+]CC=C1c2ccccc2CCc2ccccc21. The van der Waals surface area contributed by atoms with Crippen LogP contribution in [0.2, 0.25) is 0 Å². The van der Waals surface area contributed by atoms with Crippen molar-refractivity contribution in [2.45, 2.75) is 158 Å². The normalized spacial score (nSPS) is 15.0. The quantitative estimate of drug-likeness (QED) is 0.0239. The van der Waals surface area contributed by atoms with Crippen molar-refractivity contribution in [3.8, 4) is 0 Å². The van der Waals surface area contributed by atoms with Crippen molar-refractivity contribution in [2.75, 3.05) is 26.2 Å². The van der Waals surface area contributed by atoms with E-state index in [4.69, 9.17) is 11.3 Å². The number of carbonyl (C=O) groups is 2.